The highest BCUT2D eigenvalue weighted by Gasteiger charge is 2.23. The van der Waals surface area contributed by atoms with E-state index >= 15 is 0 Å². The van der Waals surface area contributed by atoms with E-state index in [2.05, 4.69) is 16.8 Å². The molecule has 3 nitrogen and oxygen atoms in total. The highest BCUT2D eigenvalue weighted by atomic mass is 35.5. The minimum absolute atomic E-state index is 0.339. The second-order valence-corrected chi connectivity index (χ2v) is 5.64. The average Bonchev–Trinajstić information content (AvgIpc) is 2.69. The molecular formula is C11H18ClN3S. The predicted molar refractivity (Wildman–Crippen MR) is 70.2 cm³/mol. The topological polar surface area (TPSA) is 32.5 Å². The Kier molecular flexibility index (Phi) is 4.21. The van der Waals surface area contributed by atoms with Crippen LogP contribution in [0.3, 0.4) is 0 Å². The first-order chi connectivity index (χ1) is 7.70. The lowest BCUT2D eigenvalue weighted by Crippen LogP contribution is -2.47. The van der Waals surface area contributed by atoms with E-state index in [4.69, 9.17) is 17.3 Å². The van der Waals surface area contributed by atoms with E-state index in [-0.39, 0.29) is 0 Å². The largest absolute Gasteiger partial charge is 0.329 e. The van der Waals surface area contributed by atoms with Crippen LogP contribution in [-0.4, -0.2) is 49.6 Å². The van der Waals surface area contributed by atoms with E-state index in [1.807, 2.05) is 11.4 Å². The molecular weight excluding hydrogens is 242 g/mol. The molecule has 1 aromatic rings. The zero-order chi connectivity index (χ0) is 11.5. The van der Waals surface area contributed by atoms with Gasteiger partial charge in [-0.25, -0.2) is 0 Å². The van der Waals surface area contributed by atoms with Gasteiger partial charge in [0.1, 0.15) is 0 Å². The van der Waals surface area contributed by atoms with Crippen molar-refractivity contribution in [3.05, 3.63) is 21.3 Å². The maximum absolute atomic E-state index is 5.97. The van der Waals surface area contributed by atoms with Crippen molar-refractivity contribution < 1.29 is 0 Å². The molecule has 0 bridgehead atoms. The maximum atomic E-state index is 5.97. The van der Waals surface area contributed by atoms with Gasteiger partial charge in [0.05, 0.1) is 11.1 Å². The van der Waals surface area contributed by atoms with Crippen molar-refractivity contribution in [2.24, 2.45) is 5.73 Å². The quantitative estimate of drug-likeness (QED) is 0.896. The van der Waals surface area contributed by atoms with Crippen LogP contribution < -0.4 is 5.73 Å². The zero-order valence-corrected chi connectivity index (χ0v) is 11.1. The molecule has 1 saturated heterocycles. The van der Waals surface area contributed by atoms with E-state index in [1.165, 1.54) is 4.88 Å². The summed E-state index contributed by atoms with van der Waals surface area (Å²) in [4.78, 5) is 6.10. The lowest BCUT2D eigenvalue weighted by atomic mass is 10.2. The molecule has 1 aliphatic heterocycles. The molecule has 0 aliphatic carbocycles. The van der Waals surface area contributed by atoms with E-state index in [1.54, 1.807) is 11.3 Å². The summed E-state index contributed by atoms with van der Waals surface area (Å²) in [7, 11) is 2.16. The molecule has 1 aromatic heterocycles. The van der Waals surface area contributed by atoms with Crippen LogP contribution in [0.5, 0.6) is 0 Å². The zero-order valence-electron chi connectivity index (χ0n) is 9.53. The standard InChI is InChI=1S/C11H18ClN3S/c1-14-2-4-15(5-3-14)10(7-13)11-6-9(12)8-16-11/h6,8,10H,2-5,7,13H2,1H3. The fourth-order valence-electron chi connectivity index (χ4n) is 2.08. The Morgan fingerprint density at radius 1 is 1.44 bits per heavy atom. The molecule has 90 valence electrons. The van der Waals surface area contributed by atoms with Crippen LogP contribution in [-0.2, 0) is 0 Å². The van der Waals surface area contributed by atoms with Gasteiger partial charge in [0.25, 0.3) is 0 Å². The van der Waals surface area contributed by atoms with Crippen molar-refractivity contribution in [1.29, 1.82) is 0 Å². The van der Waals surface area contributed by atoms with Crippen LogP contribution in [0.25, 0.3) is 0 Å². The first kappa shape index (κ1) is 12.3. The Morgan fingerprint density at radius 3 is 2.62 bits per heavy atom. The predicted octanol–water partition coefficient (Wildman–Crippen LogP) is 1.65. The molecule has 1 atom stereocenters. The molecule has 16 heavy (non-hydrogen) atoms. The number of hydrogen-bond donors (Lipinski definition) is 1. The average molecular weight is 260 g/mol. The van der Waals surface area contributed by atoms with E-state index < -0.39 is 0 Å². The summed E-state index contributed by atoms with van der Waals surface area (Å²) in [5.41, 5.74) is 5.89. The Bertz CT molecular complexity index is 334. The summed E-state index contributed by atoms with van der Waals surface area (Å²) >= 11 is 7.68. The number of likely N-dealkylation sites (N-methyl/N-ethyl adjacent to an activating group) is 1. The van der Waals surface area contributed by atoms with Gasteiger partial charge in [-0.1, -0.05) is 11.6 Å². The van der Waals surface area contributed by atoms with E-state index in [0.29, 0.717) is 12.6 Å². The number of piperazine rings is 1. The summed E-state index contributed by atoms with van der Waals surface area (Å²) in [6, 6.07) is 2.38. The molecule has 2 N–H and O–H groups in total. The lowest BCUT2D eigenvalue weighted by molar-refractivity contribution is 0.116. The third-order valence-electron chi connectivity index (χ3n) is 3.12. The van der Waals surface area contributed by atoms with E-state index in [9.17, 15) is 0 Å². The van der Waals surface area contributed by atoms with Crippen molar-refractivity contribution in [2.75, 3.05) is 39.8 Å². The van der Waals surface area contributed by atoms with Gasteiger partial charge in [0.2, 0.25) is 0 Å². The Balaban J connectivity index is 2.05. The van der Waals surface area contributed by atoms with Crippen LogP contribution in [0.15, 0.2) is 11.4 Å². The van der Waals surface area contributed by atoms with Crippen molar-refractivity contribution in [1.82, 2.24) is 9.80 Å². The third kappa shape index (κ3) is 2.76. The molecule has 1 fully saturated rings. The Labute approximate surface area is 106 Å². The molecule has 0 aromatic carbocycles. The number of hydrogen-bond acceptors (Lipinski definition) is 4. The molecule has 2 rings (SSSR count). The smallest absolute Gasteiger partial charge is 0.0565 e. The summed E-state index contributed by atoms with van der Waals surface area (Å²) in [5, 5.41) is 2.81. The molecule has 0 spiro atoms. The first-order valence-corrected chi connectivity index (χ1v) is 6.83. The molecule has 1 aliphatic rings. The number of nitrogens with zero attached hydrogens (tertiary/aromatic N) is 2. The van der Waals surface area contributed by atoms with Crippen LogP contribution >= 0.6 is 22.9 Å². The van der Waals surface area contributed by atoms with Gasteiger partial charge in [-0.2, -0.15) is 0 Å². The fraction of sp³-hybridized carbons (Fsp3) is 0.636. The van der Waals surface area contributed by atoms with Crippen LogP contribution in [0.4, 0.5) is 0 Å². The fourth-order valence-corrected chi connectivity index (χ4v) is 3.31. The van der Waals surface area contributed by atoms with Gasteiger partial charge in [-0.05, 0) is 13.1 Å². The van der Waals surface area contributed by atoms with Crippen molar-refractivity contribution >= 4 is 22.9 Å². The van der Waals surface area contributed by atoms with Gasteiger partial charge in [0.15, 0.2) is 0 Å². The van der Waals surface area contributed by atoms with Gasteiger partial charge in [0, 0.05) is 43.0 Å². The highest BCUT2D eigenvalue weighted by molar-refractivity contribution is 7.10. The van der Waals surface area contributed by atoms with Crippen molar-refractivity contribution in [2.45, 2.75) is 6.04 Å². The molecule has 2 heterocycles. The van der Waals surface area contributed by atoms with E-state index in [0.717, 1.165) is 31.2 Å². The minimum atomic E-state index is 0.339. The van der Waals surface area contributed by atoms with Crippen molar-refractivity contribution in [3.63, 3.8) is 0 Å². The van der Waals surface area contributed by atoms with Gasteiger partial charge >= 0.3 is 0 Å². The third-order valence-corrected chi connectivity index (χ3v) is 4.50. The Hall–Kier alpha value is -0.130. The monoisotopic (exact) mass is 259 g/mol. The van der Waals surface area contributed by atoms with Gasteiger partial charge in [-0.3, -0.25) is 4.90 Å². The second kappa shape index (κ2) is 5.47. The van der Waals surface area contributed by atoms with Crippen LogP contribution in [0.1, 0.15) is 10.9 Å². The normalized spacial score (nSPS) is 21.2. The van der Waals surface area contributed by atoms with Crippen LogP contribution in [0, 0.1) is 0 Å². The van der Waals surface area contributed by atoms with Crippen LogP contribution in [0.2, 0.25) is 5.02 Å². The summed E-state index contributed by atoms with van der Waals surface area (Å²) in [5.74, 6) is 0. The number of halogens is 1. The maximum Gasteiger partial charge on any atom is 0.0565 e. The summed E-state index contributed by atoms with van der Waals surface area (Å²) < 4.78 is 0. The molecule has 0 saturated carbocycles. The Morgan fingerprint density at radius 2 is 2.12 bits per heavy atom. The molecule has 0 radical (unpaired) electrons. The first-order valence-electron chi connectivity index (χ1n) is 5.57. The SMILES string of the molecule is CN1CCN(C(CN)c2cc(Cl)cs2)CC1. The molecule has 5 heteroatoms. The summed E-state index contributed by atoms with van der Waals surface area (Å²) in [6.45, 7) is 5.09. The van der Waals surface area contributed by atoms with Gasteiger partial charge < -0.3 is 10.6 Å². The minimum Gasteiger partial charge on any atom is -0.329 e. The number of nitrogens with two attached hydrogens (primary N) is 1. The number of thiophene rings is 1. The lowest BCUT2D eigenvalue weighted by Gasteiger charge is -2.37. The second-order valence-electron chi connectivity index (χ2n) is 4.26. The van der Waals surface area contributed by atoms with Gasteiger partial charge in [-0.15, -0.1) is 11.3 Å². The molecule has 0 amide bonds. The molecule has 1 unspecified atom stereocenters. The highest BCUT2D eigenvalue weighted by Crippen LogP contribution is 2.29. The summed E-state index contributed by atoms with van der Waals surface area (Å²) in [6.07, 6.45) is 0. The van der Waals surface area contributed by atoms with Crippen molar-refractivity contribution in [3.8, 4) is 0 Å². The number of rotatable bonds is 3.